The molecule has 1 fully saturated rings. The molecule has 0 N–H and O–H groups in total. The number of hydrogen-bond acceptors (Lipinski definition) is 4. The van der Waals surface area contributed by atoms with Crippen LogP contribution in [0.2, 0.25) is 0 Å². The molecule has 2 heterocycles. The fraction of sp³-hybridized carbons (Fsp3) is 0.615. The summed E-state index contributed by atoms with van der Waals surface area (Å²) in [6.07, 6.45) is 6.23. The van der Waals surface area contributed by atoms with E-state index in [0.717, 1.165) is 30.4 Å². The number of rotatable bonds is 5. The number of halogens is 1. The summed E-state index contributed by atoms with van der Waals surface area (Å²) in [5.41, 5.74) is 1.18. The zero-order chi connectivity index (χ0) is 12.8. The van der Waals surface area contributed by atoms with Crippen molar-refractivity contribution in [3.63, 3.8) is 0 Å². The molecule has 4 nitrogen and oxygen atoms in total. The first-order chi connectivity index (χ1) is 8.79. The number of ether oxygens (including phenoxy) is 2. The first-order valence-corrected chi connectivity index (χ1v) is 7.05. The van der Waals surface area contributed by atoms with E-state index < -0.39 is 0 Å². The molecule has 100 valence electrons. The van der Waals surface area contributed by atoms with Gasteiger partial charge in [0.2, 0.25) is 0 Å². The van der Waals surface area contributed by atoms with E-state index in [2.05, 4.69) is 31.9 Å². The average molecular weight is 315 g/mol. The van der Waals surface area contributed by atoms with Crippen LogP contribution in [0.4, 0.5) is 5.69 Å². The number of piperidine rings is 1. The van der Waals surface area contributed by atoms with Crippen LogP contribution in [0.3, 0.4) is 0 Å². The van der Waals surface area contributed by atoms with E-state index in [9.17, 15) is 0 Å². The third-order valence-corrected chi connectivity index (χ3v) is 3.57. The Kier molecular flexibility index (Phi) is 5.41. The van der Waals surface area contributed by atoms with Crippen LogP contribution < -0.4 is 4.90 Å². The van der Waals surface area contributed by atoms with Crippen molar-refractivity contribution in [3.05, 3.63) is 22.9 Å². The van der Waals surface area contributed by atoms with Crippen molar-refractivity contribution in [1.29, 1.82) is 0 Å². The molecule has 0 aromatic carbocycles. The maximum absolute atomic E-state index is 5.75. The van der Waals surface area contributed by atoms with Crippen LogP contribution in [0, 0.1) is 0 Å². The van der Waals surface area contributed by atoms with Crippen LogP contribution in [-0.4, -0.2) is 44.5 Å². The van der Waals surface area contributed by atoms with Crippen molar-refractivity contribution >= 4 is 21.6 Å². The summed E-state index contributed by atoms with van der Waals surface area (Å²) in [6.45, 7) is 3.42. The molecule has 0 aliphatic carbocycles. The van der Waals surface area contributed by atoms with E-state index in [0.29, 0.717) is 19.3 Å². The van der Waals surface area contributed by atoms with Gasteiger partial charge in [-0.3, -0.25) is 4.98 Å². The van der Waals surface area contributed by atoms with Crippen molar-refractivity contribution < 1.29 is 9.47 Å². The number of aromatic nitrogens is 1. The van der Waals surface area contributed by atoms with Crippen molar-refractivity contribution in [1.82, 2.24) is 4.98 Å². The average Bonchev–Trinajstić information content (AvgIpc) is 2.40. The van der Waals surface area contributed by atoms with E-state index in [1.54, 1.807) is 7.11 Å². The van der Waals surface area contributed by atoms with Gasteiger partial charge in [-0.05, 0) is 34.8 Å². The molecule has 18 heavy (non-hydrogen) atoms. The lowest BCUT2D eigenvalue weighted by Crippen LogP contribution is -2.37. The van der Waals surface area contributed by atoms with Crippen LogP contribution in [0.1, 0.15) is 12.8 Å². The van der Waals surface area contributed by atoms with Gasteiger partial charge in [-0.15, -0.1) is 0 Å². The molecule has 0 saturated carbocycles. The summed E-state index contributed by atoms with van der Waals surface area (Å²) < 4.78 is 11.8. The summed E-state index contributed by atoms with van der Waals surface area (Å²) in [5, 5.41) is 0. The minimum Gasteiger partial charge on any atom is -0.382 e. The maximum atomic E-state index is 5.75. The molecule has 0 unspecified atom stereocenters. The highest BCUT2D eigenvalue weighted by atomic mass is 79.9. The Hall–Kier alpha value is -0.650. The molecule has 1 saturated heterocycles. The lowest BCUT2D eigenvalue weighted by Gasteiger charge is -2.33. The van der Waals surface area contributed by atoms with E-state index in [4.69, 9.17) is 9.47 Å². The second kappa shape index (κ2) is 7.07. The van der Waals surface area contributed by atoms with Gasteiger partial charge in [-0.2, -0.15) is 0 Å². The number of methoxy groups -OCH3 is 1. The van der Waals surface area contributed by atoms with Crippen LogP contribution >= 0.6 is 15.9 Å². The summed E-state index contributed by atoms with van der Waals surface area (Å²) >= 11 is 3.45. The SMILES string of the molecule is COCCOC1CCN(c2cncc(Br)c2)CC1. The van der Waals surface area contributed by atoms with Gasteiger partial charge in [0, 0.05) is 30.9 Å². The van der Waals surface area contributed by atoms with Crippen LogP contribution in [0.25, 0.3) is 0 Å². The van der Waals surface area contributed by atoms with Gasteiger partial charge in [-0.25, -0.2) is 0 Å². The summed E-state index contributed by atoms with van der Waals surface area (Å²) in [4.78, 5) is 6.56. The largest absolute Gasteiger partial charge is 0.382 e. The van der Waals surface area contributed by atoms with E-state index in [-0.39, 0.29) is 0 Å². The molecule has 1 aromatic heterocycles. The zero-order valence-corrected chi connectivity index (χ0v) is 12.2. The fourth-order valence-corrected chi connectivity index (χ4v) is 2.51. The number of hydrogen-bond donors (Lipinski definition) is 0. The maximum Gasteiger partial charge on any atom is 0.0704 e. The predicted molar refractivity (Wildman–Crippen MR) is 75.0 cm³/mol. The summed E-state index contributed by atoms with van der Waals surface area (Å²) in [7, 11) is 1.70. The second-order valence-electron chi connectivity index (χ2n) is 4.41. The Morgan fingerprint density at radius 1 is 1.33 bits per heavy atom. The quantitative estimate of drug-likeness (QED) is 0.782. The van der Waals surface area contributed by atoms with Gasteiger partial charge in [0.05, 0.1) is 31.2 Å². The second-order valence-corrected chi connectivity index (χ2v) is 5.33. The standard InChI is InChI=1S/C13H19BrN2O2/c1-17-6-7-18-13-2-4-16(5-3-13)12-8-11(14)9-15-10-12/h8-10,13H,2-7H2,1H3. The lowest BCUT2D eigenvalue weighted by molar-refractivity contribution is 0.00610. The Morgan fingerprint density at radius 2 is 2.11 bits per heavy atom. The molecular formula is C13H19BrN2O2. The highest BCUT2D eigenvalue weighted by Gasteiger charge is 2.19. The number of nitrogens with zero attached hydrogens (tertiary/aromatic N) is 2. The highest BCUT2D eigenvalue weighted by molar-refractivity contribution is 9.10. The Balaban J connectivity index is 1.79. The van der Waals surface area contributed by atoms with E-state index >= 15 is 0 Å². The molecule has 2 rings (SSSR count). The minimum absolute atomic E-state index is 0.372. The molecule has 1 aliphatic heterocycles. The monoisotopic (exact) mass is 314 g/mol. The van der Waals surface area contributed by atoms with Crippen molar-refractivity contribution in [2.24, 2.45) is 0 Å². The van der Waals surface area contributed by atoms with Crippen LogP contribution in [0.5, 0.6) is 0 Å². The summed E-state index contributed by atoms with van der Waals surface area (Å²) in [6, 6.07) is 2.11. The van der Waals surface area contributed by atoms with Crippen molar-refractivity contribution in [2.75, 3.05) is 38.3 Å². The Morgan fingerprint density at radius 3 is 2.78 bits per heavy atom. The van der Waals surface area contributed by atoms with Gasteiger partial charge >= 0.3 is 0 Å². The molecule has 1 aromatic rings. The predicted octanol–water partition coefficient (Wildman–Crippen LogP) is 2.48. The number of pyridine rings is 1. The molecule has 0 radical (unpaired) electrons. The van der Waals surface area contributed by atoms with E-state index in [1.807, 2.05) is 12.4 Å². The molecule has 0 spiro atoms. The third-order valence-electron chi connectivity index (χ3n) is 3.14. The fourth-order valence-electron chi connectivity index (χ4n) is 2.15. The van der Waals surface area contributed by atoms with Crippen molar-refractivity contribution in [3.8, 4) is 0 Å². The first kappa shape index (κ1) is 13.8. The normalized spacial score (nSPS) is 17.1. The van der Waals surface area contributed by atoms with Gasteiger partial charge in [0.15, 0.2) is 0 Å². The summed E-state index contributed by atoms with van der Waals surface area (Å²) in [5.74, 6) is 0. The lowest BCUT2D eigenvalue weighted by atomic mass is 10.1. The first-order valence-electron chi connectivity index (χ1n) is 6.25. The number of anilines is 1. The van der Waals surface area contributed by atoms with Gasteiger partial charge in [-0.1, -0.05) is 0 Å². The van der Waals surface area contributed by atoms with Crippen molar-refractivity contribution in [2.45, 2.75) is 18.9 Å². The van der Waals surface area contributed by atoms with Gasteiger partial charge in [0.25, 0.3) is 0 Å². The van der Waals surface area contributed by atoms with E-state index in [1.165, 1.54) is 5.69 Å². The van der Waals surface area contributed by atoms with Crippen LogP contribution in [-0.2, 0) is 9.47 Å². The molecule has 1 aliphatic rings. The topological polar surface area (TPSA) is 34.6 Å². The Labute approximate surface area is 116 Å². The third kappa shape index (κ3) is 3.93. The molecule has 5 heteroatoms. The molecular weight excluding hydrogens is 296 g/mol. The Bertz CT molecular complexity index is 368. The van der Waals surface area contributed by atoms with Gasteiger partial charge in [0.1, 0.15) is 0 Å². The highest BCUT2D eigenvalue weighted by Crippen LogP contribution is 2.23. The zero-order valence-electron chi connectivity index (χ0n) is 10.6. The minimum atomic E-state index is 0.372. The van der Waals surface area contributed by atoms with Crippen LogP contribution in [0.15, 0.2) is 22.9 Å². The smallest absolute Gasteiger partial charge is 0.0704 e. The van der Waals surface area contributed by atoms with Gasteiger partial charge < -0.3 is 14.4 Å². The molecule has 0 atom stereocenters. The molecule has 0 bridgehead atoms. The molecule has 0 amide bonds.